The van der Waals surface area contributed by atoms with Gasteiger partial charge in [-0.25, -0.2) is 0 Å². The highest BCUT2D eigenvalue weighted by atomic mass is 35.5. The molecule has 0 saturated carbocycles. The molecule has 1 atom stereocenters. The standard InChI is InChI=1S/C17H15ClN2O5S/c1-11(17(22)19-13-6-4-5-12(18)9-13)25-16(21)10-26-15-8-3-2-7-14(15)20(23)24/h2-9,11H,10H2,1H3,(H,19,22)/t11-/m1/s1. The Hall–Kier alpha value is -2.58. The van der Waals surface area contributed by atoms with Crippen LogP contribution >= 0.6 is 23.4 Å². The number of ether oxygens (including phenoxy) is 1. The summed E-state index contributed by atoms with van der Waals surface area (Å²) >= 11 is 6.82. The Morgan fingerprint density at radius 3 is 2.69 bits per heavy atom. The number of thioether (sulfide) groups is 1. The first-order chi connectivity index (χ1) is 12.4. The number of halogens is 1. The van der Waals surface area contributed by atoms with Gasteiger partial charge in [-0.05, 0) is 31.2 Å². The first kappa shape index (κ1) is 19.7. The Morgan fingerprint density at radius 1 is 1.27 bits per heavy atom. The van der Waals surface area contributed by atoms with E-state index in [2.05, 4.69) is 5.32 Å². The van der Waals surface area contributed by atoms with Crippen molar-refractivity contribution in [1.82, 2.24) is 0 Å². The first-order valence-corrected chi connectivity index (χ1v) is 8.85. The Balaban J connectivity index is 1.87. The zero-order valence-electron chi connectivity index (χ0n) is 13.7. The second-order valence-electron chi connectivity index (χ2n) is 5.15. The van der Waals surface area contributed by atoms with E-state index in [9.17, 15) is 19.7 Å². The van der Waals surface area contributed by atoms with Crippen molar-refractivity contribution >= 4 is 46.6 Å². The van der Waals surface area contributed by atoms with Crippen LogP contribution in [0.3, 0.4) is 0 Å². The van der Waals surface area contributed by atoms with E-state index < -0.39 is 22.9 Å². The minimum absolute atomic E-state index is 0.0861. The van der Waals surface area contributed by atoms with Gasteiger partial charge in [0.05, 0.1) is 15.6 Å². The van der Waals surface area contributed by atoms with Crippen LogP contribution in [0.25, 0.3) is 0 Å². The minimum Gasteiger partial charge on any atom is -0.452 e. The molecule has 0 saturated heterocycles. The highest BCUT2D eigenvalue weighted by Gasteiger charge is 2.20. The molecule has 26 heavy (non-hydrogen) atoms. The number of nitro benzene ring substituents is 1. The van der Waals surface area contributed by atoms with E-state index in [1.807, 2.05) is 0 Å². The molecule has 0 bridgehead atoms. The second-order valence-corrected chi connectivity index (χ2v) is 6.60. The first-order valence-electron chi connectivity index (χ1n) is 7.49. The molecule has 0 fully saturated rings. The van der Waals surface area contributed by atoms with Gasteiger partial charge in [0.25, 0.3) is 11.6 Å². The number of esters is 1. The van der Waals surface area contributed by atoms with Crippen molar-refractivity contribution in [3.8, 4) is 0 Å². The SMILES string of the molecule is C[C@@H](OC(=O)CSc1ccccc1[N+](=O)[O-])C(=O)Nc1cccc(Cl)c1. The number of nitrogens with zero attached hydrogens (tertiary/aromatic N) is 1. The Bertz CT molecular complexity index is 830. The van der Waals surface area contributed by atoms with Crippen LogP contribution in [-0.4, -0.2) is 28.7 Å². The lowest BCUT2D eigenvalue weighted by Gasteiger charge is -2.13. The molecule has 0 unspecified atom stereocenters. The average molecular weight is 395 g/mol. The van der Waals surface area contributed by atoms with E-state index in [-0.39, 0.29) is 11.4 Å². The van der Waals surface area contributed by atoms with E-state index >= 15 is 0 Å². The molecule has 2 aromatic carbocycles. The predicted octanol–water partition coefficient (Wildman–Crippen LogP) is 3.91. The van der Waals surface area contributed by atoms with E-state index in [1.54, 1.807) is 42.5 Å². The Morgan fingerprint density at radius 2 is 2.00 bits per heavy atom. The monoisotopic (exact) mass is 394 g/mol. The molecule has 0 aromatic heterocycles. The predicted molar refractivity (Wildman–Crippen MR) is 99.5 cm³/mol. The number of nitrogens with one attached hydrogen (secondary N) is 1. The van der Waals surface area contributed by atoms with Crippen LogP contribution in [0.15, 0.2) is 53.4 Å². The molecule has 2 aromatic rings. The van der Waals surface area contributed by atoms with Crippen molar-refractivity contribution < 1.29 is 19.2 Å². The smallest absolute Gasteiger partial charge is 0.317 e. The molecule has 0 spiro atoms. The summed E-state index contributed by atoms with van der Waals surface area (Å²) in [4.78, 5) is 34.7. The summed E-state index contributed by atoms with van der Waals surface area (Å²) in [6.07, 6.45) is -1.02. The fraction of sp³-hybridized carbons (Fsp3) is 0.176. The average Bonchev–Trinajstić information content (AvgIpc) is 2.60. The van der Waals surface area contributed by atoms with Crippen molar-refractivity contribution in [2.45, 2.75) is 17.9 Å². The summed E-state index contributed by atoms with van der Waals surface area (Å²) in [7, 11) is 0. The number of anilines is 1. The van der Waals surface area contributed by atoms with Gasteiger partial charge in [0.1, 0.15) is 0 Å². The highest BCUT2D eigenvalue weighted by Crippen LogP contribution is 2.28. The van der Waals surface area contributed by atoms with Crippen LogP contribution in [0.1, 0.15) is 6.92 Å². The van der Waals surface area contributed by atoms with Gasteiger partial charge in [0.2, 0.25) is 0 Å². The van der Waals surface area contributed by atoms with Gasteiger partial charge < -0.3 is 10.1 Å². The molecule has 0 radical (unpaired) electrons. The van der Waals surface area contributed by atoms with Crippen molar-refractivity contribution in [3.63, 3.8) is 0 Å². The Labute approximate surface area is 158 Å². The fourth-order valence-electron chi connectivity index (χ4n) is 1.96. The normalized spacial score (nSPS) is 11.5. The summed E-state index contributed by atoms with van der Waals surface area (Å²) in [6, 6.07) is 12.7. The van der Waals surface area contributed by atoms with Crippen molar-refractivity contribution in [2.75, 3.05) is 11.1 Å². The number of benzene rings is 2. The van der Waals surface area contributed by atoms with E-state index in [0.717, 1.165) is 11.8 Å². The van der Waals surface area contributed by atoms with Crippen LogP contribution in [0.4, 0.5) is 11.4 Å². The maximum absolute atomic E-state index is 12.0. The zero-order chi connectivity index (χ0) is 19.1. The number of rotatable bonds is 7. The van der Waals surface area contributed by atoms with Gasteiger partial charge in [-0.2, -0.15) is 0 Å². The number of nitro groups is 1. The number of carbonyl (C=O) groups excluding carboxylic acids is 2. The van der Waals surface area contributed by atoms with Gasteiger partial charge in [0, 0.05) is 16.8 Å². The van der Waals surface area contributed by atoms with E-state index in [1.165, 1.54) is 13.0 Å². The van der Waals surface area contributed by atoms with Gasteiger partial charge in [-0.15, -0.1) is 11.8 Å². The van der Waals surface area contributed by atoms with Crippen LogP contribution in [0, 0.1) is 10.1 Å². The minimum atomic E-state index is -1.02. The molecule has 136 valence electrons. The van der Waals surface area contributed by atoms with Crippen LogP contribution in [0.2, 0.25) is 5.02 Å². The molecule has 1 amide bonds. The summed E-state index contributed by atoms with van der Waals surface area (Å²) in [5, 5.41) is 14.0. The van der Waals surface area contributed by atoms with Crippen LogP contribution in [0.5, 0.6) is 0 Å². The van der Waals surface area contributed by atoms with Crippen molar-refractivity contribution in [2.24, 2.45) is 0 Å². The second kappa shape index (κ2) is 9.21. The molecular weight excluding hydrogens is 380 g/mol. The summed E-state index contributed by atoms with van der Waals surface area (Å²) in [6.45, 7) is 1.44. The summed E-state index contributed by atoms with van der Waals surface area (Å²) in [5.74, 6) is -1.31. The molecule has 0 aliphatic rings. The summed E-state index contributed by atoms with van der Waals surface area (Å²) < 4.78 is 5.06. The topological polar surface area (TPSA) is 98.5 Å². The van der Waals surface area contributed by atoms with E-state index in [0.29, 0.717) is 15.6 Å². The maximum Gasteiger partial charge on any atom is 0.317 e. The fourth-order valence-corrected chi connectivity index (χ4v) is 2.96. The zero-order valence-corrected chi connectivity index (χ0v) is 15.3. The third-order valence-corrected chi connectivity index (χ3v) is 4.45. The number of carbonyl (C=O) groups is 2. The number of para-hydroxylation sites is 1. The Kier molecular flexibility index (Phi) is 6.99. The molecule has 2 rings (SSSR count). The molecular formula is C17H15ClN2O5S. The summed E-state index contributed by atoms with van der Waals surface area (Å²) in [5.41, 5.74) is 0.400. The lowest BCUT2D eigenvalue weighted by Crippen LogP contribution is -2.30. The maximum atomic E-state index is 12.0. The van der Waals surface area contributed by atoms with Crippen LogP contribution < -0.4 is 5.32 Å². The lowest BCUT2D eigenvalue weighted by atomic mass is 10.3. The third-order valence-electron chi connectivity index (χ3n) is 3.18. The third kappa shape index (κ3) is 5.75. The van der Waals surface area contributed by atoms with Crippen LogP contribution in [-0.2, 0) is 14.3 Å². The van der Waals surface area contributed by atoms with Gasteiger partial charge in [-0.1, -0.05) is 29.8 Å². The molecule has 9 heteroatoms. The molecule has 7 nitrogen and oxygen atoms in total. The molecule has 1 N–H and O–H groups in total. The van der Waals surface area contributed by atoms with Gasteiger partial charge in [0.15, 0.2) is 6.10 Å². The van der Waals surface area contributed by atoms with E-state index in [4.69, 9.17) is 16.3 Å². The van der Waals surface area contributed by atoms with Gasteiger partial charge >= 0.3 is 5.97 Å². The molecule has 0 aliphatic carbocycles. The lowest BCUT2D eigenvalue weighted by molar-refractivity contribution is -0.387. The quantitative estimate of drug-likeness (QED) is 0.331. The molecule has 0 aliphatic heterocycles. The van der Waals surface area contributed by atoms with Crippen molar-refractivity contribution in [1.29, 1.82) is 0 Å². The number of amides is 1. The number of hydrogen-bond donors (Lipinski definition) is 1. The van der Waals surface area contributed by atoms with Gasteiger partial charge in [-0.3, -0.25) is 19.7 Å². The van der Waals surface area contributed by atoms with Crippen molar-refractivity contribution in [3.05, 3.63) is 63.7 Å². The highest BCUT2D eigenvalue weighted by molar-refractivity contribution is 8.00. The number of hydrogen-bond acceptors (Lipinski definition) is 6. The molecule has 0 heterocycles. The largest absolute Gasteiger partial charge is 0.452 e.